The van der Waals surface area contributed by atoms with Crippen LogP contribution in [0.4, 0.5) is 0 Å². The number of aromatic nitrogens is 3. The van der Waals surface area contributed by atoms with E-state index in [-0.39, 0.29) is 11.9 Å². The van der Waals surface area contributed by atoms with Crippen molar-refractivity contribution in [1.29, 1.82) is 0 Å². The topological polar surface area (TPSA) is 63.1 Å². The summed E-state index contributed by atoms with van der Waals surface area (Å²) in [5.41, 5.74) is 2.29. The number of amides is 1. The number of hydrogen-bond donors (Lipinski definition) is 1. The SMILES string of the molecule is O=C(c1cnn(-c2ccc(Cl)cc2)n1)N1CCCNC(c2ccccc2)C1. The van der Waals surface area contributed by atoms with Crippen molar-refractivity contribution < 1.29 is 4.79 Å². The Balaban J connectivity index is 1.52. The summed E-state index contributed by atoms with van der Waals surface area (Å²) in [4.78, 5) is 16.3. The fourth-order valence-corrected chi connectivity index (χ4v) is 3.36. The van der Waals surface area contributed by atoms with E-state index < -0.39 is 0 Å². The first-order chi connectivity index (χ1) is 13.2. The van der Waals surface area contributed by atoms with Crippen LogP contribution in [0.1, 0.15) is 28.5 Å². The van der Waals surface area contributed by atoms with E-state index in [2.05, 4.69) is 27.6 Å². The molecule has 1 unspecified atom stereocenters. The number of nitrogens with zero attached hydrogens (tertiary/aromatic N) is 4. The molecule has 1 fully saturated rings. The molecule has 1 aliphatic heterocycles. The van der Waals surface area contributed by atoms with Crippen LogP contribution < -0.4 is 5.32 Å². The molecule has 0 radical (unpaired) electrons. The predicted octanol–water partition coefficient (Wildman–Crippen LogP) is 3.10. The molecule has 1 amide bonds. The van der Waals surface area contributed by atoms with E-state index in [1.54, 1.807) is 12.1 Å². The first-order valence-electron chi connectivity index (χ1n) is 8.96. The van der Waals surface area contributed by atoms with Crippen molar-refractivity contribution in [3.8, 4) is 5.69 Å². The van der Waals surface area contributed by atoms with E-state index in [0.29, 0.717) is 23.8 Å². The molecule has 1 saturated heterocycles. The van der Waals surface area contributed by atoms with Crippen LogP contribution in [0.3, 0.4) is 0 Å². The number of hydrogen-bond acceptors (Lipinski definition) is 4. The molecule has 3 aromatic rings. The number of nitrogens with one attached hydrogen (secondary N) is 1. The number of halogens is 1. The molecule has 1 aliphatic rings. The van der Waals surface area contributed by atoms with Crippen molar-refractivity contribution in [2.45, 2.75) is 12.5 Å². The summed E-state index contributed by atoms with van der Waals surface area (Å²) < 4.78 is 0. The Morgan fingerprint density at radius 2 is 1.89 bits per heavy atom. The fourth-order valence-electron chi connectivity index (χ4n) is 3.24. The summed E-state index contributed by atoms with van der Waals surface area (Å²) in [6.45, 7) is 2.18. The highest BCUT2D eigenvalue weighted by Crippen LogP contribution is 2.18. The molecule has 6 nitrogen and oxygen atoms in total. The van der Waals surface area contributed by atoms with Gasteiger partial charge in [-0.05, 0) is 42.8 Å². The monoisotopic (exact) mass is 381 g/mol. The first kappa shape index (κ1) is 17.7. The Morgan fingerprint density at radius 1 is 1.11 bits per heavy atom. The Kier molecular flexibility index (Phi) is 5.18. The standard InChI is InChI=1S/C20H20ClN5O/c21-16-7-9-17(10-8-16)26-23-13-18(24-26)20(27)25-12-4-11-22-19(14-25)15-5-2-1-3-6-15/h1-3,5-10,13,19,22H,4,11-12,14H2. The van der Waals surface area contributed by atoms with Gasteiger partial charge in [0.15, 0.2) is 5.69 Å². The summed E-state index contributed by atoms with van der Waals surface area (Å²) >= 11 is 5.92. The fraction of sp³-hybridized carbons (Fsp3) is 0.250. The van der Waals surface area contributed by atoms with Crippen molar-refractivity contribution in [2.75, 3.05) is 19.6 Å². The van der Waals surface area contributed by atoms with Gasteiger partial charge < -0.3 is 10.2 Å². The molecule has 0 saturated carbocycles. The third-order valence-corrected chi connectivity index (χ3v) is 4.91. The lowest BCUT2D eigenvalue weighted by Gasteiger charge is -2.24. The van der Waals surface area contributed by atoms with Gasteiger partial charge in [0, 0.05) is 24.2 Å². The zero-order valence-corrected chi connectivity index (χ0v) is 15.5. The number of benzene rings is 2. The quantitative estimate of drug-likeness (QED) is 0.757. The minimum atomic E-state index is -0.0974. The molecular formula is C20H20ClN5O. The van der Waals surface area contributed by atoms with Gasteiger partial charge in [-0.15, -0.1) is 5.10 Å². The molecule has 27 heavy (non-hydrogen) atoms. The van der Waals surface area contributed by atoms with Crippen LogP contribution in [0.15, 0.2) is 60.8 Å². The van der Waals surface area contributed by atoms with Crippen molar-refractivity contribution in [1.82, 2.24) is 25.2 Å². The van der Waals surface area contributed by atoms with E-state index >= 15 is 0 Å². The van der Waals surface area contributed by atoms with E-state index in [0.717, 1.165) is 18.7 Å². The molecule has 1 atom stereocenters. The summed E-state index contributed by atoms with van der Waals surface area (Å²) in [6, 6.07) is 17.5. The largest absolute Gasteiger partial charge is 0.335 e. The lowest BCUT2D eigenvalue weighted by atomic mass is 10.1. The van der Waals surface area contributed by atoms with Gasteiger partial charge in [-0.2, -0.15) is 9.90 Å². The second kappa shape index (κ2) is 7.90. The van der Waals surface area contributed by atoms with Crippen LogP contribution in [0.5, 0.6) is 0 Å². The van der Waals surface area contributed by atoms with Gasteiger partial charge in [0.25, 0.3) is 5.91 Å². The molecule has 1 N–H and O–H groups in total. The highest BCUT2D eigenvalue weighted by molar-refractivity contribution is 6.30. The Morgan fingerprint density at radius 3 is 2.67 bits per heavy atom. The third-order valence-electron chi connectivity index (χ3n) is 4.66. The van der Waals surface area contributed by atoms with Crippen molar-refractivity contribution >= 4 is 17.5 Å². The minimum absolute atomic E-state index is 0.0974. The van der Waals surface area contributed by atoms with Gasteiger partial charge in [-0.1, -0.05) is 41.9 Å². The van der Waals surface area contributed by atoms with Gasteiger partial charge in [-0.25, -0.2) is 0 Å². The lowest BCUT2D eigenvalue weighted by Crippen LogP contribution is -2.36. The number of carbonyl (C=O) groups excluding carboxylic acids is 1. The van der Waals surface area contributed by atoms with Gasteiger partial charge in [0.05, 0.1) is 11.9 Å². The smallest absolute Gasteiger partial charge is 0.276 e. The molecule has 0 bridgehead atoms. The summed E-state index contributed by atoms with van der Waals surface area (Å²) in [5, 5.41) is 12.8. The van der Waals surface area contributed by atoms with Crippen molar-refractivity contribution in [2.24, 2.45) is 0 Å². The number of rotatable bonds is 3. The van der Waals surface area contributed by atoms with Crippen LogP contribution in [0, 0.1) is 0 Å². The maximum Gasteiger partial charge on any atom is 0.276 e. The first-order valence-corrected chi connectivity index (χ1v) is 9.34. The molecule has 7 heteroatoms. The molecule has 2 aromatic carbocycles. The van der Waals surface area contributed by atoms with Crippen molar-refractivity contribution in [3.05, 3.63) is 77.1 Å². The van der Waals surface area contributed by atoms with E-state index in [4.69, 9.17) is 11.6 Å². The average molecular weight is 382 g/mol. The lowest BCUT2D eigenvalue weighted by molar-refractivity contribution is 0.0746. The molecule has 4 rings (SSSR count). The van der Waals surface area contributed by atoms with Gasteiger partial charge in [-0.3, -0.25) is 4.79 Å². The van der Waals surface area contributed by atoms with Crippen LogP contribution in [0.2, 0.25) is 5.02 Å². The Bertz CT molecular complexity index is 910. The average Bonchev–Trinajstić information content (AvgIpc) is 3.06. The van der Waals surface area contributed by atoms with Crippen LogP contribution in [-0.4, -0.2) is 45.4 Å². The minimum Gasteiger partial charge on any atom is -0.335 e. The van der Waals surface area contributed by atoms with Crippen LogP contribution in [0.25, 0.3) is 5.69 Å². The third kappa shape index (κ3) is 4.02. The summed E-state index contributed by atoms with van der Waals surface area (Å²) in [7, 11) is 0. The zero-order chi connectivity index (χ0) is 18.6. The Hall–Kier alpha value is -2.70. The van der Waals surface area contributed by atoms with Gasteiger partial charge in [0.2, 0.25) is 0 Å². The summed E-state index contributed by atoms with van der Waals surface area (Å²) in [6.07, 6.45) is 2.42. The summed E-state index contributed by atoms with van der Waals surface area (Å²) in [5.74, 6) is -0.0974. The molecule has 138 valence electrons. The highest BCUT2D eigenvalue weighted by atomic mass is 35.5. The maximum atomic E-state index is 13.0. The molecular weight excluding hydrogens is 362 g/mol. The van der Waals surface area contributed by atoms with Crippen LogP contribution >= 0.6 is 11.6 Å². The maximum absolute atomic E-state index is 13.0. The van der Waals surface area contributed by atoms with E-state index in [9.17, 15) is 4.79 Å². The normalized spacial score (nSPS) is 17.5. The Labute approximate surface area is 162 Å². The van der Waals surface area contributed by atoms with Gasteiger partial charge in [0.1, 0.15) is 0 Å². The predicted molar refractivity (Wildman–Crippen MR) is 104 cm³/mol. The molecule has 0 aliphatic carbocycles. The molecule has 0 spiro atoms. The van der Waals surface area contributed by atoms with Crippen LogP contribution in [-0.2, 0) is 0 Å². The second-order valence-electron chi connectivity index (χ2n) is 6.52. The molecule has 2 heterocycles. The van der Waals surface area contributed by atoms with E-state index in [1.807, 2.05) is 35.2 Å². The number of carbonyl (C=O) groups is 1. The highest BCUT2D eigenvalue weighted by Gasteiger charge is 2.25. The van der Waals surface area contributed by atoms with Crippen molar-refractivity contribution in [3.63, 3.8) is 0 Å². The molecule has 1 aromatic heterocycles. The second-order valence-corrected chi connectivity index (χ2v) is 6.95. The zero-order valence-electron chi connectivity index (χ0n) is 14.8. The van der Waals surface area contributed by atoms with E-state index in [1.165, 1.54) is 16.6 Å². The van der Waals surface area contributed by atoms with Gasteiger partial charge >= 0.3 is 0 Å².